The molecule has 0 saturated carbocycles. The third-order valence-electron chi connectivity index (χ3n) is 2.13. The summed E-state index contributed by atoms with van der Waals surface area (Å²) < 4.78 is 0. The first-order chi connectivity index (χ1) is 6.93. The van der Waals surface area contributed by atoms with E-state index < -0.39 is 0 Å². The number of para-hydroxylation sites is 1. The molecule has 68 valence electrons. The molecule has 1 aromatic carbocycles. The maximum Gasteiger partial charge on any atom is 0.0806 e. The van der Waals surface area contributed by atoms with Gasteiger partial charge in [-0.05, 0) is 18.2 Å². The van der Waals surface area contributed by atoms with E-state index in [9.17, 15) is 0 Å². The largest absolute Gasteiger partial charge is 0.367 e. The Bertz CT molecular complexity index is 472. The van der Waals surface area contributed by atoms with E-state index >= 15 is 0 Å². The smallest absolute Gasteiger partial charge is 0.0806 e. The van der Waals surface area contributed by atoms with E-state index in [-0.39, 0.29) is 0 Å². The van der Waals surface area contributed by atoms with Crippen molar-refractivity contribution in [2.75, 3.05) is 0 Å². The number of hydrogen-bond donors (Lipinski definition) is 1. The first-order valence-electron chi connectivity index (χ1n) is 4.42. The van der Waals surface area contributed by atoms with Gasteiger partial charge in [0, 0.05) is 17.3 Å². The summed E-state index contributed by atoms with van der Waals surface area (Å²) >= 11 is 1.76. The van der Waals surface area contributed by atoms with Crippen LogP contribution in [0.2, 0.25) is 0 Å². The fraction of sp³-hybridized carbons (Fsp3) is 0. The van der Waals surface area contributed by atoms with Crippen molar-refractivity contribution in [3.05, 3.63) is 47.6 Å². The van der Waals surface area contributed by atoms with Gasteiger partial charge in [-0.2, -0.15) is 0 Å². The average Bonchev–Trinajstić information content (AvgIpc) is 2.26. The Morgan fingerprint density at radius 1 is 1.21 bits per heavy atom. The molecule has 2 nitrogen and oxygen atoms in total. The van der Waals surface area contributed by atoms with Crippen LogP contribution in [0.1, 0.15) is 0 Å². The standard InChI is InChI=1S/C11H8N2S/c1-2-4-10-8(3-1)13-9-5-6-12-7-11(9)14-10/h1-7,12H. The third kappa shape index (κ3) is 1.17. The summed E-state index contributed by atoms with van der Waals surface area (Å²) in [5.41, 5.74) is 2.11. The molecule has 0 aliphatic carbocycles. The van der Waals surface area contributed by atoms with Gasteiger partial charge in [-0.3, -0.25) is 0 Å². The van der Waals surface area contributed by atoms with Crippen LogP contribution in [0.15, 0.2) is 57.5 Å². The highest BCUT2D eigenvalue weighted by Gasteiger charge is 2.16. The van der Waals surface area contributed by atoms with Gasteiger partial charge < -0.3 is 5.32 Å². The third-order valence-corrected chi connectivity index (χ3v) is 3.24. The number of dihydropyridines is 1. The van der Waals surface area contributed by atoms with Crippen LogP contribution in [0.25, 0.3) is 0 Å². The van der Waals surface area contributed by atoms with E-state index in [4.69, 9.17) is 0 Å². The second kappa shape index (κ2) is 3.03. The van der Waals surface area contributed by atoms with E-state index in [0.29, 0.717) is 0 Å². The van der Waals surface area contributed by atoms with Crippen LogP contribution in [0.3, 0.4) is 0 Å². The van der Waals surface area contributed by atoms with Crippen molar-refractivity contribution >= 4 is 23.2 Å². The Labute approximate surface area is 86.4 Å². The number of thioether (sulfide) groups is 1. The van der Waals surface area contributed by atoms with Gasteiger partial charge >= 0.3 is 0 Å². The predicted molar refractivity (Wildman–Crippen MR) is 59.8 cm³/mol. The summed E-state index contributed by atoms with van der Waals surface area (Å²) in [6.07, 6.45) is 5.88. The quantitative estimate of drug-likeness (QED) is 0.696. The van der Waals surface area contributed by atoms with Crippen molar-refractivity contribution in [3.63, 3.8) is 0 Å². The summed E-state index contributed by atoms with van der Waals surface area (Å²) in [5, 5.41) is 3.07. The molecule has 0 atom stereocenters. The number of nitrogens with zero attached hydrogens (tertiary/aromatic N) is 1. The fourth-order valence-electron chi connectivity index (χ4n) is 1.47. The zero-order valence-electron chi connectivity index (χ0n) is 7.40. The number of nitrogens with one attached hydrogen (secondary N) is 1. The highest BCUT2D eigenvalue weighted by atomic mass is 32.2. The van der Waals surface area contributed by atoms with Crippen molar-refractivity contribution < 1.29 is 0 Å². The predicted octanol–water partition coefficient (Wildman–Crippen LogP) is 2.82. The maximum atomic E-state index is 4.57. The van der Waals surface area contributed by atoms with Crippen LogP contribution >= 0.6 is 11.8 Å². The molecular formula is C11H8N2S. The molecule has 14 heavy (non-hydrogen) atoms. The van der Waals surface area contributed by atoms with Crippen molar-refractivity contribution in [1.82, 2.24) is 5.32 Å². The summed E-state index contributed by atoms with van der Waals surface area (Å²) in [6, 6.07) is 8.20. The first-order valence-corrected chi connectivity index (χ1v) is 5.24. The molecule has 3 heteroatoms. The number of benzene rings is 1. The van der Waals surface area contributed by atoms with E-state index in [1.807, 2.05) is 36.7 Å². The molecule has 0 unspecified atom stereocenters. The number of allylic oxidation sites excluding steroid dienone is 2. The van der Waals surface area contributed by atoms with Gasteiger partial charge in [0.15, 0.2) is 0 Å². The number of fused-ring (bicyclic) bond motifs is 2. The molecule has 0 bridgehead atoms. The van der Waals surface area contributed by atoms with E-state index in [2.05, 4.69) is 16.4 Å². The van der Waals surface area contributed by atoms with Crippen LogP contribution in [0, 0.1) is 0 Å². The minimum absolute atomic E-state index is 1.05. The van der Waals surface area contributed by atoms with Gasteiger partial charge in [-0.1, -0.05) is 23.9 Å². The summed E-state index contributed by atoms with van der Waals surface area (Å²) in [4.78, 5) is 6.98. The zero-order valence-corrected chi connectivity index (χ0v) is 8.21. The van der Waals surface area contributed by atoms with Crippen molar-refractivity contribution in [2.45, 2.75) is 4.90 Å². The van der Waals surface area contributed by atoms with Gasteiger partial charge in [0.1, 0.15) is 0 Å². The Morgan fingerprint density at radius 2 is 2.14 bits per heavy atom. The second-order valence-electron chi connectivity index (χ2n) is 3.08. The van der Waals surface area contributed by atoms with Crippen LogP contribution in [-0.2, 0) is 0 Å². The first kappa shape index (κ1) is 7.88. The van der Waals surface area contributed by atoms with Crippen molar-refractivity contribution in [2.24, 2.45) is 4.99 Å². The van der Waals surface area contributed by atoms with E-state index in [0.717, 1.165) is 11.4 Å². The highest BCUT2D eigenvalue weighted by Crippen LogP contribution is 2.40. The van der Waals surface area contributed by atoms with Crippen molar-refractivity contribution in [1.29, 1.82) is 0 Å². The molecule has 2 aliphatic heterocycles. The molecule has 2 aliphatic rings. The lowest BCUT2D eigenvalue weighted by Gasteiger charge is -2.17. The Hall–Kier alpha value is -1.48. The second-order valence-corrected chi connectivity index (χ2v) is 4.16. The molecule has 0 amide bonds. The number of rotatable bonds is 0. The monoisotopic (exact) mass is 200 g/mol. The minimum Gasteiger partial charge on any atom is -0.367 e. The van der Waals surface area contributed by atoms with E-state index in [1.54, 1.807) is 11.8 Å². The lowest BCUT2D eigenvalue weighted by molar-refractivity contribution is 1.18. The van der Waals surface area contributed by atoms with Gasteiger partial charge in [-0.25, -0.2) is 4.99 Å². The lowest BCUT2D eigenvalue weighted by Crippen LogP contribution is -2.10. The summed E-state index contributed by atoms with van der Waals surface area (Å²) in [6.45, 7) is 0. The molecule has 1 aromatic rings. The molecular weight excluding hydrogens is 192 g/mol. The topological polar surface area (TPSA) is 24.4 Å². The van der Waals surface area contributed by atoms with Crippen LogP contribution in [0.5, 0.6) is 0 Å². The highest BCUT2D eigenvalue weighted by molar-refractivity contribution is 8.04. The molecule has 0 radical (unpaired) electrons. The van der Waals surface area contributed by atoms with Gasteiger partial charge in [-0.15, -0.1) is 0 Å². The molecule has 0 fully saturated rings. The van der Waals surface area contributed by atoms with Crippen LogP contribution in [0.4, 0.5) is 5.69 Å². The van der Waals surface area contributed by atoms with E-state index in [1.165, 1.54) is 9.80 Å². The van der Waals surface area contributed by atoms with Crippen LogP contribution in [-0.4, -0.2) is 5.71 Å². The number of aliphatic imine (C=N–C) groups is 1. The fourth-order valence-corrected chi connectivity index (χ4v) is 2.41. The average molecular weight is 200 g/mol. The lowest BCUT2D eigenvalue weighted by atomic mass is 10.2. The minimum atomic E-state index is 1.05. The number of hydrogen-bond acceptors (Lipinski definition) is 3. The zero-order chi connectivity index (χ0) is 9.38. The molecule has 3 rings (SSSR count). The summed E-state index contributed by atoms with van der Waals surface area (Å²) in [5.74, 6) is 0. The molecule has 2 heterocycles. The van der Waals surface area contributed by atoms with Gasteiger partial charge in [0.25, 0.3) is 0 Å². The normalized spacial score (nSPS) is 17.4. The Morgan fingerprint density at radius 3 is 3.14 bits per heavy atom. The van der Waals surface area contributed by atoms with Crippen LogP contribution < -0.4 is 5.32 Å². The van der Waals surface area contributed by atoms with Gasteiger partial charge in [0.2, 0.25) is 0 Å². The van der Waals surface area contributed by atoms with Gasteiger partial charge in [0.05, 0.1) is 16.3 Å². The maximum absolute atomic E-state index is 4.57. The molecule has 0 saturated heterocycles. The summed E-state index contributed by atoms with van der Waals surface area (Å²) in [7, 11) is 0. The molecule has 0 aromatic heterocycles. The molecule has 1 N–H and O–H groups in total. The van der Waals surface area contributed by atoms with Crippen molar-refractivity contribution in [3.8, 4) is 0 Å². The molecule has 0 spiro atoms. The Balaban J connectivity index is 2.17. The SMILES string of the molecule is C1=CC2=Nc3ccccc3SC2=CN1. The Kier molecular flexibility index (Phi) is 1.70.